The van der Waals surface area contributed by atoms with Gasteiger partial charge in [-0.3, -0.25) is 4.79 Å². The number of aromatic nitrogens is 3. The molecule has 0 saturated heterocycles. The Balaban J connectivity index is 1.82. The molecule has 1 aliphatic heterocycles. The van der Waals surface area contributed by atoms with Gasteiger partial charge in [0.05, 0.1) is 19.8 Å². The molecule has 9 heteroatoms. The second-order valence-corrected chi connectivity index (χ2v) is 7.07. The molecule has 0 bridgehead atoms. The van der Waals surface area contributed by atoms with E-state index in [1.807, 2.05) is 19.1 Å². The summed E-state index contributed by atoms with van der Waals surface area (Å²) in [6.45, 7) is 1.83. The summed E-state index contributed by atoms with van der Waals surface area (Å²) in [5, 5.41) is 11.0. The van der Waals surface area contributed by atoms with Crippen LogP contribution in [0.5, 0.6) is 11.5 Å². The molecule has 1 amide bonds. The summed E-state index contributed by atoms with van der Waals surface area (Å²) >= 11 is 5.95. The number of ether oxygens (including phenoxy) is 2. The molecule has 0 radical (unpaired) electrons. The van der Waals surface area contributed by atoms with E-state index in [4.69, 9.17) is 21.1 Å². The third-order valence-corrected chi connectivity index (χ3v) is 5.12. The maximum Gasteiger partial charge on any atom is 0.255 e. The Bertz CT molecular complexity index is 1120. The van der Waals surface area contributed by atoms with Crippen LogP contribution >= 0.6 is 11.6 Å². The molecule has 4 rings (SSSR count). The molecule has 30 heavy (non-hydrogen) atoms. The lowest BCUT2D eigenvalue weighted by Gasteiger charge is -2.30. The molecule has 0 fully saturated rings. The van der Waals surface area contributed by atoms with Crippen molar-refractivity contribution in [3.8, 4) is 11.5 Å². The molecule has 2 aromatic carbocycles. The van der Waals surface area contributed by atoms with Gasteiger partial charge in [0, 0.05) is 22.0 Å². The van der Waals surface area contributed by atoms with E-state index in [-0.39, 0.29) is 5.91 Å². The van der Waals surface area contributed by atoms with E-state index < -0.39 is 6.04 Å². The minimum Gasteiger partial charge on any atom is -0.493 e. The standard InChI is InChI=1S/C21H20ClN5O3/c1-12-17(20(28)26-14-9-7-13(22)8-10-14)18(27-21(25-12)23-11-24-27)15-5-4-6-16(29-2)19(15)30-3/h4-11,18H,1-3H3,(H,26,28)(H,23,24,25)/t18-/m1/s1. The van der Waals surface area contributed by atoms with Gasteiger partial charge < -0.3 is 20.1 Å². The predicted molar refractivity (Wildman–Crippen MR) is 114 cm³/mol. The quantitative estimate of drug-likeness (QED) is 0.644. The largest absolute Gasteiger partial charge is 0.493 e. The highest BCUT2D eigenvalue weighted by molar-refractivity contribution is 6.30. The smallest absolute Gasteiger partial charge is 0.255 e. The number of nitrogens with zero attached hydrogens (tertiary/aromatic N) is 3. The number of carbonyl (C=O) groups is 1. The lowest BCUT2D eigenvalue weighted by atomic mass is 9.94. The number of nitrogens with one attached hydrogen (secondary N) is 2. The van der Waals surface area contributed by atoms with Crippen LogP contribution in [0, 0.1) is 0 Å². The zero-order valence-electron chi connectivity index (χ0n) is 16.6. The summed E-state index contributed by atoms with van der Waals surface area (Å²) in [6, 6.07) is 11.9. The van der Waals surface area contributed by atoms with E-state index in [9.17, 15) is 4.79 Å². The molecule has 1 aromatic heterocycles. The number of hydrogen-bond donors (Lipinski definition) is 2. The van der Waals surface area contributed by atoms with Gasteiger partial charge in [0.2, 0.25) is 5.95 Å². The number of halogens is 1. The Morgan fingerprint density at radius 2 is 1.93 bits per heavy atom. The predicted octanol–water partition coefficient (Wildman–Crippen LogP) is 3.88. The van der Waals surface area contributed by atoms with Gasteiger partial charge in [-0.2, -0.15) is 10.1 Å². The first-order valence-corrected chi connectivity index (χ1v) is 9.56. The van der Waals surface area contributed by atoms with Gasteiger partial charge in [-0.25, -0.2) is 4.68 Å². The monoisotopic (exact) mass is 425 g/mol. The number of fused-ring (bicyclic) bond motifs is 1. The lowest BCUT2D eigenvalue weighted by molar-refractivity contribution is -0.113. The first-order valence-electron chi connectivity index (χ1n) is 9.18. The van der Waals surface area contributed by atoms with Crippen LogP contribution in [0.3, 0.4) is 0 Å². The Morgan fingerprint density at radius 3 is 2.63 bits per heavy atom. The van der Waals surface area contributed by atoms with E-state index >= 15 is 0 Å². The molecule has 8 nitrogen and oxygen atoms in total. The highest BCUT2D eigenvalue weighted by Gasteiger charge is 2.35. The highest BCUT2D eigenvalue weighted by atomic mass is 35.5. The number of methoxy groups -OCH3 is 2. The number of benzene rings is 2. The minimum atomic E-state index is -0.568. The van der Waals surface area contributed by atoms with Crippen molar-refractivity contribution in [3.05, 3.63) is 70.6 Å². The fourth-order valence-corrected chi connectivity index (χ4v) is 3.66. The van der Waals surface area contributed by atoms with Gasteiger partial charge in [-0.1, -0.05) is 23.7 Å². The number of para-hydroxylation sites is 1. The lowest BCUT2D eigenvalue weighted by Crippen LogP contribution is -2.31. The zero-order valence-corrected chi connectivity index (χ0v) is 17.4. The Labute approximate surface area is 178 Å². The van der Waals surface area contributed by atoms with Gasteiger partial charge in [0.15, 0.2) is 11.5 Å². The zero-order chi connectivity index (χ0) is 21.3. The molecule has 154 valence electrons. The van der Waals surface area contributed by atoms with Gasteiger partial charge in [-0.05, 0) is 37.3 Å². The molecule has 0 unspecified atom stereocenters. The summed E-state index contributed by atoms with van der Waals surface area (Å²) in [5.41, 5.74) is 2.50. The maximum absolute atomic E-state index is 13.4. The molecule has 2 heterocycles. The van der Waals surface area contributed by atoms with Crippen LogP contribution in [0.1, 0.15) is 18.5 Å². The van der Waals surface area contributed by atoms with Crippen LogP contribution in [0.25, 0.3) is 0 Å². The molecule has 1 atom stereocenters. The summed E-state index contributed by atoms with van der Waals surface area (Å²) < 4.78 is 12.7. The first kappa shape index (κ1) is 19.8. The van der Waals surface area contributed by atoms with Crippen molar-refractivity contribution in [2.24, 2.45) is 0 Å². The third-order valence-electron chi connectivity index (χ3n) is 4.87. The molecular weight excluding hydrogens is 406 g/mol. The van der Waals surface area contributed by atoms with Crippen molar-refractivity contribution in [2.75, 3.05) is 24.9 Å². The molecule has 0 aliphatic carbocycles. The summed E-state index contributed by atoms with van der Waals surface area (Å²) in [5.74, 6) is 1.34. The van der Waals surface area contributed by atoms with E-state index in [1.54, 1.807) is 49.2 Å². The number of amides is 1. The molecular formula is C21H20ClN5O3. The van der Waals surface area contributed by atoms with Crippen LogP contribution in [-0.4, -0.2) is 34.9 Å². The summed E-state index contributed by atoms with van der Waals surface area (Å²) in [7, 11) is 3.13. The van der Waals surface area contributed by atoms with Crippen LogP contribution < -0.4 is 20.1 Å². The van der Waals surface area contributed by atoms with Crippen LogP contribution in [0.15, 0.2) is 60.1 Å². The minimum absolute atomic E-state index is 0.279. The van der Waals surface area contributed by atoms with Crippen molar-refractivity contribution >= 4 is 29.1 Å². The second kappa shape index (κ2) is 8.08. The Kier molecular flexibility index (Phi) is 5.33. The van der Waals surface area contributed by atoms with Crippen molar-refractivity contribution in [1.29, 1.82) is 0 Å². The van der Waals surface area contributed by atoms with Crippen molar-refractivity contribution in [3.63, 3.8) is 0 Å². The topological polar surface area (TPSA) is 90.3 Å². The van der Waals surface area contributed by atoms with Crippen LogP contribution in [0.2, 0.25) is 5.02 Å². The fourth-order valence-electron chi connectivity index (χ4n) is 3.53. The van der Waals surface area contributed by atoms with Crippen LogP contribution in [-0.2, 0) is 4.79 Å². The van der Waals surface area contributed by atoms with Crippen molar-refractivity contribution < 1.29 is 14.3 Å². The molecule has 2 N–H and O–H groups in total. The van der Waals surface area contributed by atoms with Gasteiger partial charge >= 0.3 is 0 Å². The molecule has 0 spiro atoms. The van der Waals surface area contributed by atoms with Crippen molar-refractivity contribution in [1.82, 2.24) is 14.8 Å². The van der Waals surface area contributed by atoms with E-state index in [0.717, 1.165) is 5.56 Å². The molecule has 1 aliphatic rings. The van der Waals surface area contributed by atoms with Gasteiger partial charge in [0.25, 0.3) is 5.91 Å². The van der Waals surface area contributed by atoms with Crippen molar-refractivity contribution in [2.45, 2.75) is 13.0 Å². The number of allylic oxidation sites excluding steroid dienone is 1. The van der Waals surface area contributed by atoms with Gasteiger partial charge in [0.1, 0.15) is 12.4 Å². The average molecular weight is 426 g/mol. The molecule has 3 aromatic rings. The average Bonchev–Trinajstić information content (AvgIpc) is 3.21. The number of rotatable bonds is 5. The molecule has 0 saturated carbocycles. The highest BCUT2D eigenvalue weighted by Crippen LogP contribution is 2.42. The SMILES string of the molecule is COc1cccc([C@@H]2C(C(=O)Nc3ccc(Cl)cc3)=C(C)Nc3ncnn32)c1OC. The summed E-state index contributed by atoms with van der Waals surface area (Å²) in [4.78, 5) is 17.6. The van der Waals surface area contributed by atoms with Gasteiger partial charge in [-0.15, -0.1) is 0 Å². The second-order valence-electron chi connectivity index (χ2n) is 6.64. The third kappa shape index (κ3) is 3.46. The van der Waals surface area contributed by atoms with E-state index in [0.29, 0.717) is 39.4 Å². The number of anilines is 2. The first-order chi connectivity index (χ1) is 14.5. The summed E-state index contributed by atoms with van der Waals surface area (Å²) in [6.07, 6.45) is 1.44. The van der Waals surface area contributed by atoms with E-state index in [1.165, 1.54) is 6.33 Å². The normalized spacial score (nSPS) is 15.3. The number of carbonyl (C=O) groups excluding carboxylic acids is 1. The van der Waals surface area contributed by atoms with Crippen LogP contribution in [0.4, 0.5) is 11.6 Å². The van der Waals surface area contributed by atoms with E-state index in [2.05, 4.69) is 20.7 Å². The Morgan fingerprint density at radius 1 is 1.17 bits per heavy atom. The maximum atomic E-state index is 13.4. The Hall–Kier alpha value is -3.52. The number of hydrogen-bond acceptors (Lipinski definition) is 6. The fraction of sp³-hybridized carbons (Fsp3) is 0.190.